The van der Waals surface area contributed by atoms with E-state index in [2.05, 4.69) is 17.0 Å². The van der Waals surface area contributed by atoms with Gasteiger partial charge in [-0.15, -0.1) is 0 Å². The van der Waals surface area contributed by atoms with Gasteiger partial charge in [0.1, 0.15) is 11.3 Å². The monoisotopic (exact) mass is 394 g/mol. The van der Waals surface area contributed by atoms with Gasteiger partial charge < -0.3 is 14.2 Å². The molecule has 0 unspecified atom stereocenters. The summed E-state index contributed by atoms with van der Waals surface area (Å²) in [6, 6.07) is 12.6. The lowest BCUT2D eigenvalue weighted by Crippen LogP contribution is -2.46. The number of benzene rings is 1. The van der Waals surface area contributed by atoms with Gasteiger partial charge in [0.25, 0.3) is 5.91 Å². The predicted molar refractivity (Wildman–Crippen MR) is 113 cm³/mol. The highest BCUT2D eigenvalue weighted by Gasteiger charge is 2.30. The Morgan fingerprint density at radius 2 is 1.72 bits per heavy atom. The molecule has 0 aliphatic carbocycles. The summed E-state index contributed by atoms with van der Waals surface area (Å²) in [7, 11) is 0. The van der Waals surface area contributed by atoms with E-state index in [1.165, 1.54) is 31.5 Å². The van der Waals surface area contributed by atoms with E-state index in [0.717, 1.165) is 24.8 Å². The molecule has 2 fully saturated rings. The van der Waals surface area contributed by atoms with Crippen LogP contribution in [0.1, 0.15) is 52.9 Å². The van der Waals surface area contributed by atoms with Crippen molar-refractivity contribution in [1.29, 1.82) is 0 Å². The Balaban J connectivity index is 1.40. The van der Waals surface area contributed by atoms with Gasteiger partial charge in [0, 0.05) is 25.6 Å². The van der Waals surface area contributed by atoms with E-state index in [1.54, 1.807) is 0 Å². The maximum atomic E-state index is 13.0. The van der Waals surface area contributed by atoms with Crippen molar-refractivity contribution >= 4 is 5.91 Å². The minimum absolute atomic E-state index is 0.175. The molecule has 2 aliphatic heterocycles. The second-order valence-electron chi connectivity index (χ2n) is 8.31. The van der Waals surface area contributed by atoms with Gasteiger partial charge in [-0.2, -0.15) is 0 Å². The van der Waals surface area contributed by atoms with Gasteiger partial charge in [-0.3, -0.25) is 4.79 Å². The van der Waals surface area contributed by atoms with E-state index < -0.39 is 5.63 Å². The Morgan fingerprint density at radius 1 is 1.03 bits per heavy atom. The largest absolute Gasteiger partial charge is 0.427 e. The van der Waals surface area contributed by atoms with E-state index in [9.17, 15) is 9.59 Å². The van der Waals surface area contributed by atoms with Gasteiger partial charge in [-0.25, -0.2) is 4.79 Å². The molecule has 0 atom stereocenters. The summed E-state index contributed by atoms with van der Waals surface area (Å²) in [5.41, 5.74) is 1.62. The number of nitrogens with zero attached hydrogens (tertiary/aromatic N) is 2. The van der Waals surface area contributed by atoms with E-state index in [0.29, 0.717) is 31.3 Å². The first-order valence-corrected chi connectivity index (χ1v) is 10.8. The van der Waals surface area contributed by atoms with Crippen molar-refractivity contribution in [1.82, 2.24) is 9.80 Å². The first-order chi connectivity index (χ1) is 14.1. The van der Waals surface area contributed by atoms with Crippen LogP contribution in [0.5, 0.6) is 0 Å². The minimum Gasteiger partial charge on any atom is -0.427 e. The summed E-state index contributed by atoms with van der Waals surface area (Å²) < 4.78 is 5.51. The van der Waals surface area contributed by atoms with Gasteiger partial charge in [-0.05, 0) is 69.3 Å². The van der Waals surface area contributed by atoms with Crippen molar-refractivity contribution in [3.05, 3.63) is 69.3 Å². The van der Waals surface area contributed by atoms with Crippen LogP contribution in [0.2, 0.25) is 0 Å². The van der Waals surface area contributed by atoms with Crippen molar-refractivity contribution in [2.75, 3.05) is 26.2 Å². The lowest BCUT2D eigenvalue weighted by atomic mass is 10.0. The second-order valence-corrected chi connectivity index (χ2v) is 8.31. The molecule has 0 saturated carbocycles. The third-order valence-corrected chi connectivity index (χ3v) is 6.33. The molecular formula is C24H30N2O3. The molecule has 1 aromatic carbocycles. The summed E-state index contributed by atoms with van der Waals surface area (Å²) in [6.07, 6.45) is 6.01. The molecule has 0 radical (unpaired) electrons. The zero-order valence-electron chi connectivity index (χ0n) is 17.2. The maximum Gasteiger partial charge on any atom is 0.349 e. The first kappa shape index (κ1) is 19.9. The highest BCUT2D eigenvalue weighted by atomic mass is 16.4. The molecule has 0 N–H and O–H groups in total. The van der Waals surface area contributed by atoms with Gasteiger partial charge >= 0.3 is 5.63 Å². The van der Waals surface area contributed by atoms with Crippen molar-refractivity contribution < 1.29 is 9.21 Å². The number of piperidine rings is 1. The molecule has 29 heavy (non-hydrogen) atoms. The number of aryl methyl sites for hydroxylation is 3. The number of carbonyl (C=O) groups excluding carboxylic acids is 1. The minimum atomic E-state index is -0.500. The Morgan fingerprint density at radius 3 is 2.38 bits per heavy atom. The summed E-state index contributed by atoms with van der Waals surface area (Å²) in [5.74, 6) is 0.464. The molecule has 1 amide bonds. The topological polar surface area (TPSA) is 53.8 Å². The van der Waals surface area contributed by atoms with Gasteiger partial charge in [0.05, 0.1) is 0 Å². The standard InChI is InChI=1S/C24H30N2O3/c1-18-17-21(10-9-19-7-3-2-4-8-19)29-24(28)22(18)23(27)26-15-11-20(12-16-26)25-13-5-6-14-25/h2-4,7-8,17,20H,5-6,9-16H2,1H3. The van der Waals surface area contributed by atoms with Gasteiger partial charge in [0.2, 0.25) is 0 Å². The smallest absolute Gasteiger partial charge is 0.349 e. The molecule has 2 aliphatic rings. The van der Waals surface area contributed by atoms with E-state index in [1.807, 2.05) is 36.1 Å². The normalized spacial score (nSPS) is 18.3. The second kappa shape index (κ2) is 8.95. The van der Waals surface area contributed by atoms with E-state index >= 15 is 0 Å². The number of rotatable bonds is 5. The molecule has 2 aromatic rings. The molecule has 4 rings (SSSR count). The Hall–Kier alpha value is -2.40. The number of hydrogen-bond acceptors (Lipinski definition) is 4. The summed E-state index contributed by atoms with van der Waals surface area (Å²) in [5, 5.41) is 0. The van der Waals surface area contributed by atoms with Crippen LogP contribution in [-0.4, -0.2) is 47.9 Å². The lowest BCUT2D eigenvalue weighted by Gasteiger charge is -2.36. The fourth-order valence-electron chi connectivity index (χ4n) is 4.66. The summed E-state index contributed by atoms with van der Waals surface area (Å²) in [6.45, 7) is 5.65. The maximum absolute atomic E-state index is 13.0. The number of amides is 1. The molecule has 5 heteroatoms. The van der Waals surface area contributed by atoms with Crippen molar-refractivity contribution in [3.8, 4) is 0 Å². The van der Waals surface area contributed by atoms with Crippen LogP contribution in [0.25, 0.3) is 0 Å². The van der Waals surface area contributed by atoms with Crippen molar-refractivity contribution in [3.63, 3.8) is 0 Å². The fourth-order valence-corrected chi connectivity index (χ4v) is 4.66. The molecule has 1 aromatic heterocycles. The number of likely N-dealkylation sites (tertiary alicyclic amines) is 2. The summed E-state index contributed by atoms with van der Waals surface area (Å²) >= 11 is 0. The van der Waals surface area contributed by atoms with Crippen LogP contribution in [0.4, 0.5) is 0 Å². The number of carbonyl (C=O) groups is 1. The van der Waals surface area contributed by atoms with Crippen LogP contribution in [-0.2, 0) is 12.8 Å². The average Bonchev–Trinajstić information content (AvgIpc) is 3.27. The highest BCUT2D eigenvalue weighted by molar-refractivity contribution is 5.95. The van der Waals surface area contributed by atoms with Crippen LogP contribution in [0.3, 0.4) is 0 Å². The Bertz CT molecular complexity index is 892. The SMILES string of the molecule is Cc1cc(CCc2ccccc2)oc(=O)c1C(=O)N1CCC(N2CCCC2)CC1. The third-order valence-electron chi connectivity index (χ3n) is 6.33. The highest BCUT2D eigenvalue weighted by Crippen LogP contribution is 2.22. The zero-order chi connectivity index (χ0) is 20.2. The van der Waals surface area contributed by atoms with Crippen LogP contribution < -0.4 is 5.63 Å². The van der Waals surface area contributed by atoms with Crippen LogP contribution in [0, 0.1) is 6.92 Å². The van der Waals surface area contributed by atoms with Crippen LogP contribution in [0.15, 0.2) is 45.6 Å². The van der Waals surface area contributed by atoms with Crippen molar-refractivity contribution in [2.24, 2.45) is 0 Å². The van der Waals surface area contributed by atoms with E-state index in [-0.39, 0.29) is 11.5 Å². The van der Waals surface area contributed by atoms with Gasteiger partial charge in [-0.1, -0.05) is 30.3 Å². The Labute approximate surface area is 172 Å². The molecule has 0 bridgehead atoms. The molecule has 5 nitrogen and oxygen atoms in total. The fraction of sp³-hybridized carbons (Fsp3) is 0.500. The quantitative estimate of drug-likeness (QED) is 0.780. The van der Waals surface area contributed by atoms with E-state index in [4.69, 9.17) is 4.42 Å². The molecule has 154 valence electrons. The predicted octanol–water partition coefficient (Wildman–Crippen LogP) is 3.43. The molecule has 3 heterocycles. The molecular weight excluding hydrogens is 364 g/mol. The molecule has 2 saturated heterocycles. The van der Waals surface area contributed by atoms with Gasteiger partial charge in [0.15, 0.2) is 0 Å². The van der Waals surface area contributed by atoms with Crippen LogP contribution >= 0.6 is 0 Å². The van der Waals surface area contributed by atoms with Crippen molar-refractivity contribution in [2.45, 2.75) is 51.5 Å². The molecule has 0 spiro atoms. The lowest BCUT2D eigenvalue weighted by molar-refractivity contribution is 0.0639. The number of hydrogen-bond donors (Lipinski definition) is 0. The zero-order valence-corrected chi connectivity index (χ0v) is 17.2. The first-order valence-electron chi connectivity index (χ1n) is 10.8. The third kappa shape index (κ3) is 4.61. The Kier molecular flexibility index (Phi) is 6.14. The average molecular weight is 395 g/mol. The summed E-state index contributed by atoms with van der Waals surface area (Å²) in [4.78, 5) is 30.0.